The van der Waals surface area contributed by atoms with Crippen molar-refractivity contribution in [2.75, 3.05) is 4.90 Å². The molecule has 1 aliphatic rings. The Hall–Kier alpha value is -2.44. The maximum atomic E-state index is 13.1. The van der Waals surface area contributed by atoms with E-state index >= 15 is 0 Å². The van der Waals surface area contributed by atoms with E-state index in [-0.39, 0.29) is 22.0 Å². The second-order valence-corrected chi connectivity index (χ2v) is 8.08. The topological polar surface area (TPSA) is 72.3 Å². The summed E-state index contributed by atoms with van der Waals surface area (Å²) >= 11 is 12.4. The molecule has 1 unspecified atom stereocenters. The van der Waals surface area contributed by atoms with Gasteiger partial charge in [0.1, 0.15) is 18.2 Å². The molecule has 1 amide bonds. The zero-order chi connectivity index (χ0) is 19.9. The first-order valence-corrected chi connectivity index (χ1v) is 8.92. The molecule has 2 aromatic rings. The molecule has 0 radical (unpaired) electrons. The molecule has 0 N–H and O–H groups in total. The Morgan fingerprint density at radius 2 is 1.74 bits per heavy atom. The molecule has 0 saturated carbocycles. The average molecular weight is 406 g/mol. The Labute approximate surface area is 166 Å². The number of amides is 1. The summed E-state index contributed by atoms with van der Waals surface area (Å²) in [5.41, 5.74) is -0.250. The molecular weight excluding hydrogens is 389 g/mol. The molecule has 6 nitrogen and oxygen atoms in total. The van der Waals surface area contributed by atoms with Gasteiger partial charge < -0.3 is 0 Å². The van der Waals surface area contributed by atoms with Crippen LogP contribution < -0.4 is 10.5 Å². The molecule has 0 fully saturated rings. The number of hydrogen-bond acceptors (Lipinski definition) is 4. The highest BCUT2D eigenvalue weighted by Gasteiger charge is 2.41. The van der Waals surface area contributed by atoms with E-state index in [1.807, 2.05) is 20.8 Å². The Bertz CT molecular complexity index is 1000. The normalized spacial score (nSPS) is 16.9. The Morgan fingerprint density at radius 1 is 1.11 bits per heavy atom. The Kier molecular flexibility index (Phi) is 4.97. The van der Waals surface area contributed by atoms with Crippen LogP contribution in [-0.4, -0.2) is 28.3 Å². The van der Waals surface area contributed by atoms with Crippen molar-refractivity contribution in [3.63, 3.8) is 0 Å². The number of aldehydes is 1. The number of hydrogen-bond donors (Lipinski definition) is 0. The molecular formula is C19H17Cl2N3O3. The van der Waals surface area contributed by atoms with Gasteiger partial charge in [0.05, 0.1) is 16.8 Å². The number of carbonyl (C=O) groups is 2. The fourth-order valence-electron chi connectivity index (χ4n) is 3.27. The maximum Gasteiger partial charge on any atom is 0.268 e. The highest BCUT2D eigenvalue weighted by Crippen LogP contribution is 2.42. The smallest absolute Gasteiger partial charge is 0.268 e. The predicted molar refractivity (Wildman–Crippen MR) is 105 cm³/mol. The predicted octanol–water partition coefficient (Wildman–Crippen LogP) is 3.43. The standard InChI is InChI=1S/C19H17Cl2N3O3/c1-19(2,3)16-13(8-25)15(21)14-17(24(16)10-26)22-9-23(18(14)27)12-6-4-11(20)5-7-12/h4-10,16H,1-3H3. The summed E-state index contributed by atoms with van der Waals surface area (Å²) in [6, 6.07) is 5.98. The van der Waals surface area contributed by atoms with Gasteiger partial charge in [-0.05, 0) is 29.7 Å². The highest BCUT2D eigenvalue weighted by molar-refractivity contribution is 6.51. The van der Waals surface area contributed by atoms with Gasteiger partial charge in [0.15, 0.2) is 5.82 Å². The second kappa shape index (κ2) is 6.94. The first-order valence-electron chi connectivity index (χ1n) is 8.17. The SMILES string of the molecule is CC(C)(C)C1C(C=O)=C(Cl)c2c(ncn(-c3ccc(Cl)cc3)c2=O)N1C=O. The third-order valence-electron chi connectivity index (χ3n) is 4.41. The molecule has 0 bridgehead atoms. The molecule has 1 aromatic carbocycles. The third kappa shape index (κ3) is 3.19. The number of benzene rings is 1. The zero-order valence-electron chi connectivity index (χ0n) is 14.9. The van der Waals surface area contributed by atoms with E-state index in [9.17, 15) is 14.4 Å². The third-order valence-corrected chi connectivity index (χ3v) is 5.07. The van der Waals surface area contributed by atoms with Crippen molar-refractivity contribution in [3.05, 3.63) is 57.1 Å². The number of nitrogens with zero attached hydrogens (tertiary/aromatic N) is 3. The fraction of sp³-hybridized carbons (Fsp3) is 0.263. The largest absolute Gasteiger partial charge is 0.298 e. The van der Waals surface area contributed by atoms with Gasteiger partial charge >= 0.3 is 0 Å². The van der Waals surface area contributed by atoms with Gasteiger partial charge in [0.25, 0.3) is 5.56 Å². The fourth-order valence-corrected chi connectivity index (χ4v) is 3.71. The molecule has 3 rings (SSSR count). The molecule has 2 heterocycles. The maximum absolute atomic E-state index is 13.1. The molecule has 0 spiro atoms. The lowest BCUT2D eigenvalue weighted by Crippen LogP contribution is -2.49. The zero-order valence-corrected chi connectivity index (χ0v) is 16.5. The molecule has 0 aliphatic carbocycles. The minimum atomic E-state index is -0.634. The first kappa shape index (κ1) is 19.3. The van der Waals surface area contributed by atoms with Crippen molar-refractivity contribution >= 4 is 46.7 Å². The van der Waals surface area contributed by atoms with E-state index in [4.69, 9.17) is 23.2 Å². The van der Waals surface area contributed by atoms with Gasteiger partial charge in [-0.25, -0.2) is 4.98 Å². The van der Waals surface area contributed by atoms with Crippen LogP contribution in [0.4, 0.5) is 5.82 Å². The van der Waals surface area contributed by atoms with Crippen LogP contribution >= 0.6 is 23.2 Å². The highest BCUT2D eigenvalue weighted by atomic mass is 35.5. The van der Waals surface area contributed by atoms with Gasteiger partial charge in [-0.1, -0.05) is 44.0 Å². The number of rotatable bonds is 3. The molecule has 1 aromatic heterocycles. The van der Waals surface area contributed by atoms with Crippen LogP contribution in [0.15, 0.2) is 41.0 Å². The first-order chi connectivity index (χ1) is 12.7. The van der Waals surface area contributed by atoms with Crippen LogP contribution in [0, 0.1) is 5.41 Å². The Balaban J connectivity index is 2.31. The van der Waals surface area contributed by atoms with Crippen molar-refractivity contribution < 1.29 is 9.59 Å². The molecule has 27 heavy (non-hydrogen) atoms. The number of carbonyl (C=O) groups excluding carboxylic acids is 2. The molecule has 1 atom stereocenters. The van der Waals surface area contributed by atoms with Crippen LogP contribution in [0.25, 0.3) is 10.7 Å². The van der Waals surface area contributed by atoms with Crippen molar-refractivity contribution in [1.82, 2.24) is 9.55 Å². The van der Waals surface area contributed by atoms with E-state index in [0.29, 0.717) is 23.4 Å². The number of fused-ring (bicyclic) bond motifs is 1. The van der Waals surface area contributed by atoms with Crippen LogP contribution in [0.5, 0.6) is 0 Å². The van der Waals surface area contributed by atoms with E-state index in [1.54, 1.807) is 24.3 Å². The van der Waals surface area contributed by atoms with Crippen molar-refractivity contribution in [3.8, 4) is 5.69 Å². The van der Waals surface area contributed by atoms with E-state index in [1.165, 1.54) is 15.8 Å². The quantitative estimate of drug-likeness (QED) is 0.733. The minimum Gasteiger partial charge on any atom is -0.298 e. The molecule has 8 heteroatoms. The van der Waals surface area contributed by atoms with Gasteiger partial charge in [-0.15, -0.1) is 0 Å². The van der Waals surface area contributed by atoms with Gasteiger partial charge in [0.2, 0.25) is 6.41 Å². The molecule has 140 valence electrons. The van der Waals surface area contributed by atoms with Crippen LogP contribution in [-0.2, 0) is 9.59 Å². The van der Waals surface area contributed by atoms with Gasteiger partial charge in [0, 0.05) is 10.6 Å². The minimum absolute atomic E-state index is 0.0128. The molecule has 1 aliphatic heterocycles. The number of halogens is 2. The monoisotopic (exact) mass is 405 g/mol. The summed E-state index contributed by atoms with van der Waals surface area (Å²) in [7, 11) is 0. The number of anilines is 1. The average Bonchev–Trinajstić information content (AvgIpc) is 2.61. The second-order valence-electron chi connectivity index (χ2n) is 7.26. The van der Waals surface area contributed by atoms with Crippen molar-refractivity contribution in [2.45, 2.75) is 26.8 Å². The Morgan fingerprint density at radius 3 is 2.26 bits per heavy atom. The summed E-state index contributed by atoms with van der Waals surface area (Å²) in [5.74, 6) is 0.135. The summed E-state index contributed by atoms with van der Waals surface area (Å²) in [6.07, 6.45) is 2.49. The lowest BCUT2D eigenvalue weighted by molar-refractivity contribution is -0.108. The van der Waals surface area contributed by atoms with Crippen LogP contribution in [0.2, 0.25) is 5.02 Å². The van der Waals surface area contributed by atoms with E-state index < -0.39 is 17.0 Å². The number of aromatic nitrogens is 2. The van der Waals surface area contributed by atoms with Gasteiger partial charge in [-0.3, -0.25) is 23.9 Å². The summed E-state index contributed by atoms with van der Waals surface area (Å²) in [5, 5.41) is 0.540. The molecule has 0 saturated heterocycles. The summed E-state index contributed by atoms with van der Waals surface area (Å²) < 4.78 is 1.29. The lowest BCUT2D eigenvalue weighted by Gasteiger charge is -2.41. The summed E-state index contributed by atoms with van der Waals surface area (Å²) in [6.45, 7) is 5.63. The van der Waals surface area contributed by atoms with Crippen molar-refractivity contribution in [2.24, 2.45) is 5.41 Å². The van der Waals surface area contributed by atoms with Crippen LogP contribution in [0.3, 0.4) is 0 Å². The van der Waals surface area contributed by atoms with Crippen molar-refractivity contribution in [1.29, 1.82) is 0 Å². The summed E-state index contributed by atoms with van der Waals surface area (Å²) in [4.78, 5) is 42.3. The van der Waals surface area contributed by atoms with Gasteiger partial charge in [-0.2, -0.15) is 0 Å². The lowest BCUT2D eigenvalue weighted by atomic mass is 9.79. The van der Waals surface area contributed by atoms with Crippen LogP contribution in [0.1, 0.15) is 26.3 Å². The van der Waals surface area contributed by atoms with E-state index in [2.05, 4.69) is 4.98 Å². The van der Waals surface area contributed by atoms with E-state index in [0.717, 1.165) is 0 Å².